The predicted molar refractivity (Wildman–Crippen MR) is 65.7 cm³/mol. The minimum atomic E-state index is 0.425. The quantitative estimate of drug-likeness (QED) is 0.797. The number of aromatic nitrogens is 1. The van der Waals surface area contributed by atoms with Crippen LogP contribution in [0.15, 0.2) is 12.1 Å². The summed E-state index contributed by atoms with van der Waals surface area (Å²) in [6.07, 6.45) is 2.20. The molecule has 0 amide bonds. The summed E-state index contributed by atoms with van der Waals surface area (Å²) in [6.45, 7) is 2.62. The Kier molecular flexibility index (Phi) is 3.85. The van der Waals surface area contributed by atoms with Crippen molar-refractivity contribution in [2.45, 2.75) is 12.8 Å². The predicted octanol–water partition coefficient (Wildman–Crippen LogP) is 2.16. The van der Waals surface area contributed by atoms with Crippen molar-refractivity contribution >= 4 is 23.1 Å². The lowest BCUT2D eigenvalue weighted by atomic mass is 10.0. The number of anilines is 2. The molecular weight excluding hydrogens is 226 g/mol. The van der Waals surface area contributed by atoms with Gasteiger partial charge < -0.3 is 15.8 Å². The molecule has 2 rings (SSSR count). The zero-order valence-corrected chi connectivity index (χ0v) is 9.83. The number of hydrogen-bond donors (Lipinski definition) is 2. The average Bonchev–Trinajstić information content (AvgIpc) is 2.27. The second-order valence-corrected chi connectivity index (χ2v) is 4.43. The second-order valence-electron chi connectivity index (χ2n) is 4.05. The van der Waals surface area contributed by atoms with E-state index >= 15 is 0 Å². The molecule has 0 unspecified atom stereocenters. The van der Waals surface area contributed by atoms with E-state index in [4.69, 9.17) is 22.1 Å². The van der Waals surface area contributed by atoms with Gasteiger partial charge in [-0.05, 0) is 24.8 Å². The Bertz CT molecular complexity index is 333. The third kappa shape index (κ3) is 3.25. The Morgan fingerprint density at radius 2 is 2.19 bits per heavy atom. The number of rotatable bonds is 3. The molecule has 3 N–H and O–H groups in total. The van der Waals surface area contributed by atoms with Crippen molar-refractivity contribution in [3.05, 3.63) is 17.3 Å². The van der Waals surface area contributed by atoms with Crippen molar-refractivity contribution < 1.29 is 4.74 Å². The zero-order chi connectivity index (χ0) is 11.4. The highest BCUT2D eigenvalue weighted by molar-refractivity contribution is 6.29. The van der Waals surface area contributed by atoms with E-state index < -0.39 is 0 Å². The van der Waals surface area contributed by atoms with Gasteiger partial charge in [0, 0.05) is 31.5 Å². The first-order valence-corrected chi connectivity index (χ1v) is 5.86. The van der Waals surface area contributed by atoms with Crippen LogP contribution in [0.5, 0.6) is 0 Å². The normalized spacial score (nSPS) is 17.3. The molecule has 0 atom stereocenters. The maximum atomic E-state index is 5.82. The van der Waals surface area contributed by atoms with Crippen LogP contribution in [0.2, 0.25) is 5.15 Å². The van der Waals surface area contributed by atoms with Gasteiger partial charge in [0.15, 0.2) is 0 Å². The average molecular weight is 242 g/mol. The van der Waals surface area contributed by atoms with Crippen LogP contribution >= 0.6 is 11.6 Å². The lowest BCUT2D eigenvalue weighted by molar-refractivity contribution is 0.0699. The highest BCUT2D eigenvalue weighted by atomic mass is 35.5. The number of nitrogens with two attached hydrogens (primary N) is 1. The summed E-state index contributed by atoms with van der Waals surface area (Å²) in [4.78, 5) is 4.16. The highest BCUT2D eigenvalue weighted by Crippen LogP contribution is 2.18. The van der Waals surface area contributed by atoms with E-state index in [2.05, 4.69) is 10.3 Å². The molecule has 88 valence electrons. The topological polar surface area (TPSA) is 60.2 Å². The Labute approximate surface area is 100 Å². The van der Waals surface area contributed by atoms with Crippen molar-refractivity contribution in [2.24, 2.45) is 5.92 Å². The Balaban J connectivity index is 1.88. The number of hydrogen-bond acceptors (Lipinski definition) is 4. The lowest BCUT2D eigenvalue weighted by Gasteiger charge is -2.22. The van der Waals surface area contributed by atoms with E-state index in [-0.39, 0.29) is 0 Å². The summed E-state index contributed by atoms with van der Waals surface area (Å²) in [5.41, 5.74) is 6.32. The largest absolute Gasteiger partial charge is 0.399 e. The fraction of sp³-hybridized carbons (Fsp3) is 0.545. The van der Waals surface area contributed by atoms with Gasteiger partial charge in [0.1, 0.15) is 11.0 Å². The van der Waals surface area contributed by atoms with Crippen LogP contribution < -0.4 is 11.1 Å². The van der Waals surface area contributed by atoms with Crippen molar-refractivity contribution in [3.8, 4) is 0 Å². The molecular formula is C11H16ClN3O. The molecule has 1 aliphatic rings. The molecule has 0 radical (unpaired) electrons. The summed E-state index contributed by atoms with van der Waals surface area (Å²) in [5, 5.41) is 3.69. The number of nitrogens with one attached hydrogen (secondary N) is 1. The minimum absolute atomic E-state index is 0.425. The van der Waals surface area contributed by atoms with Gasteiger partial charge in [0.2, 0.25) is 0 Å². The van der Waals surface area contributed by atoms with Gasteiger partial charge in [0.25, 0.3) is 0 Å². The van der Waals surface area contributed by atoms with Gasteiger partial charge >= 0.3 is 0 Å². The standard InChI is InChI=1S/C11H16ClN3O/c12-10-5-9(13)6-11(15-10)14-7-8-1-3-16-4-2-8/h5-6,8H,1-4,7H2,(H3,13,14,15). The van der Waals surface area contributed by atoms with E-state index in [0.29, 0.717) is 16.8 Å². The first-order valence-electron chi connectivity index (χ1n) is 5.49. The first-order chi connectivity index (χ1) is 7.74. The van der Waals surface area contributed by atoms with Gasteiger partial charge in [-0.3, -0.25) is 0 Å². The van der Waals surface area contributed by atoms with Gasteiger partial charge in [-0.2, -0.15) is 0 Å². The molecule has 1 aromatic heterocycles. The first kappa shape index (κ1) is 11.5. The van der Waals surface area contributed by atoms with Crippen molar-refractivity contribution in [1.82, 2.24) is 4.98 Å². The Morgan fingerprint density at radius 3 is 2.88 bits per heavy atom. The fourth-order valence-electron chi connectivity index (χ4n) is 1.81. The molecule has 1 aromatic rings. The van der Waals surface area contributed by atoms with E-state index in [1.807, 2.05) is 0 Å². The van der Waals surface area contributed by atoms with Gasteiger partial charge in [-0.1, -0.05) is 11.6 Å². The van der Waals surface area contributed by atoms with Crippen LogP contribution in [-0.2, 0) is 4.74 Å². The van der Waals surface area contributed by atoms with E-state index in [0.717, 1.165) is 38.4 Å². The molecule has 16 heavy (non-hydrogen) atoms. The Hall–Kier alpha value is -1.00. The maximum absolute atomic E-state index is 5.82. The summed E-state index contributed by atoms with van der Waals surface area (Å²) in [7, 11) is 0. The van der Waals surface area contributed by atoms with Crippen molar-refractivity contribution in [2.75, 3.05) is 30.8 Å². The molecule has 5 heteroatoms. The molecule has 4 nitrogen and oxygen atoms in total. The molecule has 0 bridgehead atoms. The second kappa shape index (κ2) is 5.37. The summed E-state index contributed by atoms with van der Waals surface area (Å²) >= 11 is 5.82. The van der Waals surface area contributed by atoms with Crippen molar-refractivity contribution in [3.63, 3.8) is 0 Å². The molecule has 0 spiro atoms. The summed E-state index contributed by atoms with van der Waals surface area (Å²) in [5.74, 6) is 1.40. The van der Waals surface area contributed by atoms with Crippen LogP contribution in [0.3, 0.4) is 0 Å². The van der Waals surface area contributed by atoms with Crippen LogP contribution in [-0.4, -0.2) is 24.7 Å². The van der Waals surface area contributed by atoms with Crippen LogP contribution in [0.25, 0.3) is 0 Å². The smallest absolute Gasteiger partial charge is 0.133 e. The minimum Gasteiger partial charge on any atom is -0.399 e. The molecule has 0 aromatic carbocycles. The monoisotopic (exact) mass is 241 g/mol. The summed E-state index contributed by atoms with van der Waals surface area (Å²) < 4.78 is 5.31. The molecule has 2 heterocycles. The third-order valence-corrected chi connectivity index (χ3v) is 2.92. The van der Waals surface area contributed by atoms with E-state index in [1.54, 1.807) is 12.1 Å². The molecule has 1 aliphatic heterocycles. The number of nitrogens with zero attached hydrogens (tertiary/aromatic N) is 1. The lowest BCUT2D eigenvalue weighted by Crippen LogP contribution is -2.22. The number of halogens is 1. The van der Waals surface area contributed by atoms with Crippen LogP contribution in [0.4, 0.5) is 11.5 Å². The number of pyridine rings is 1. The fourth-order valence-corrected chi connectivity index (χ4v) is 2.02. The van der Waals surface area contributed by atoms with Crippen LogP contribution in [0.1, 0.15) is 12.8 Å². The van der Waals surface area contributed by atoms with Crippen molar-refractivity contribution in [1.29, 1.82) is 0 Å². The number of nitrogen functional groups attached to an aromatic ring is 1. The molecule has 0 saturated carbocycles. The van der Waals surface area contributed by atoms with Gasteiger partial charge in [-0.25, -0.2) is 4.98 Å². The summed E-state index contributed by atoms with van der Waals surface area (Å²) in [6, 6.07) is 3.44. The van der Waals surface area contributed by atoms with Gasteiger partial charge in [0.05, 0.1) is 0 Å². The molecule has 1 fully saturated rings. The van der Waals surface area contributed by atoms with E-state index in [1.165, 1.54) is 0 Å². The van der Waals surface area contributed by atoms with Gasteiger partial charge in [-0.15, -0.1) is 0 Å². The SMILES string of the molecule is Nc1cc(Cl)nc(NCC2CCOCC2)c1. The molecule has 0 aliphatic carbocycles. The Morgan fingerprint density at radius 1 is 1.44 bits per heavy atom. The molecule has 1 saturated heterocycles. The van der Waals surface area contributed by atoms with E-state index in [9.17, 15) is 0 Å². The third-order valence-electron chi connectivity index (χ3n) is 2.73. The zero-order valence-electron chi connectivity index (χ0n) is 9.08. The van der Waals surface area contributed by atoms with Crippen LogP contribution in [0, 0.1) is 5.92 Å². The maximum Gasteiger partial charge on any atom is 0.133 e. The highest BCUT2D eigenvalue weighted by Gasteiger charge is 2.13. The number of ether oxygens (including phenoxy) is 1.